The van der Waals surface area contributed by atoms with Crippen LogP contribution < -0.4 is 10.6 Å². The molecule has 0 spiro atoms. The van der Waals surface area contributed by atoms with Crippen molar-refractivity contribution in [3.05, 3.63) is 22.3 Å². The van der Waals surface area contributed by atoms with Crippen LogP contribution >= 0.6 is 15.9 Å². The average Bonchev–Trinajstić information content (AvgIpc) is 2.69. The van der Waals surface area contributed by atoms with Crippen LogP contribution in [0.4, 0.5) is 5.82 Å². The van der Waals surface area contributed by atoms with E-state index < -0.39 is 0 Å². The van der Waals surface area contributed by atoms with E-state index in [0.29, 0.717) is 6.04 Å². The van der Waals surface area contributed by atoms with Gasteiger partial charge in [0.1, 0.15) is 5.82 Å². The number of pyridine rings is 1. The number of hydrogen-bond acceptors (Lipinski definition) is 3. The van der Waals surface area contributed by atoms with Crippen molar-refractivity contribution in [2.24, 2.45) is 11.8 Å². The minimum Gasteiger partial charge on any atom is -0.366 e. The summed E-state index contributed by atoms with van der Waals surface area (Å²) in [6, 6.07) is 2.65. The van der Waals surface area contributed by atoms with Gasteiger partial charge in [-0.2, -0.15) is 0 Å². The van der Waals surface area contributed by atoms with E-state index in [2.05, 4.69) is 38.5 Å². The van der Waals surface area contributed by atoms with Crippen molar-refractivity contribution in [3.63, 3.8) is 0 Å². The van der Waals surface area contributed by atoms with Crippen molar-refractivity contribution in [2.45, 2.75) is 13.0 Å². The Morgan fingerprint density at radius 2 is 2.20 bits per heavy atom. The van der Waals surface area contributed by atoms with Gasteiger partial charge in [-0.25, -0.2) is 4.98 Å². The zero-order valence-electron chi connectivity index (χ0n) is 8.63. The van der Waals surface area contributed by atoms with Gasteiger partial charge in [-0.1, -0.05) is 0 Å². The second-order valence-corrected chi connectivity index (χ2v) is 5.24. The average molecular weight is 268 g/mol. The number of piperidine rings is 1. The Hall–Kier alpha value is -0.610. The lowest BCUT2D eigenvalue weighted by Gasteiger charge is -2.10. The topological polar surface area (TPSA) is 37.0 Å². The molecule has 4 heteroatoms. The fourth-order valence-electron chi connectivity index (χ4n) is 2.43. The summed E-state index contributed by atoms with van der Waals surface area (Å²) in [7, 11) is 0. The summed E-state index contributed by atoms with van der Waals surface area (Å²) >= 11 is 3.58. The van der Waals surface area contributed by atoms with Gasteiger partial charge in [0.05, 0.1) is 4.47 Å². The SMILES string of the molecule is Cc1ccnc(NC2C3CNCC32)c1Br. The molecule has 15 heavy (non-hydrogen) atoms. The van der Waals surface area contributed by atoms with Crippen LogP contribution in [-0.4, -0.2) is 24.1 Å². The van der Waals surface area contributed by atoms with E-state index in [0.717, 1.165) is 35.2 Å². The fraction of sp³-hybridized carbons (Fsp3) is 0.545. The van der Waals surface area contributed by atoms with Crippen LogP contribution in [0.15, 0.2) is 16.7 Å². The highest BCUT2D eigenvalue weighted by Gasteiger charge is 2.53. The molecule has 2 heterocycles. The Morgan fingerprint density at radius 1 is 1.47 bits per heavy atom. The van der Waals surface area contributed by atoms with E-state index in [1.165, 1.54) is 5.56 Å². The van der Waals surface area contributed by atoms with Crippen molar-refractivity contribution in [1.82, 2.24) is 10.3 Å². The Balaban J connectivity index is 1.75. The molecule has 0 bridgehead atoms. The maximum absolute atomic E-state index is 4.37. The summed E-state index contributed by atoms with van der Waals surface area (Å²) < 4.78 is 1.10. The maximum atomic E-state index is 4.37. The van der Waals surface area contributed by atoms with E-state index >= 15 is 0 Å². The van der Waals surface area contributed by atoms with Gasteiger partial charge < -0.3 is 10.6 Å². The van der Waals surface area contributed by atoms with Crippen molar-refractivity contribution in [2.75, 3.05) is 18.4 Å². The first-order chi connectivity index (χ1) is 7.27. The highest BCUT2D eigenvalue weighted by molar-refractivity contribution is 9.10. The van der Waals surface area contributed by atoms with Gasteiger partial charge in [0, 0.05) is 25.3 Å². The molecule has 2 N–H and O–H groups in total. The third-order valence-electron chi connectivity index (χ3n) is 3.48. The number of aromatic nitrogens is 1. The second kappa shape index (κ2) is 3.46. The molecule has 0 amide bonds. The predicted molar refractivity (Wildman–Crippen MR) is 63.9 cm³/mol. The summed E-state index contributed by atoms with van der Waals surface area (Å²) in [6.45, 7) is 4.41. The van der Waals surface area contributed by atoms with Gasteiger partial charge in [0.2, 0.25) is 0 Å². The molecule has 2 aliphatic rings. The van der Waals surface area contributed by atoms with Crippen LogP contribution in [0.2, 0.25) is 0 Å². The summed E-state index contributed by atoms with van der Waals surface area (Å²) in [4.78, 5) is 4.37. The number of aryl methyl sites for hydroxylation is 1. The highest BCUT2D eigenvalue weighted by Crippen LogP contribution is 2.44. The molecule has 80 valence electrons. The normalized spacial score (nSPS) is 32.5. The number of rotatable bonds is 2. The Morgan fingerprint density at radius 3 is 2.93 bits per heavy atom. The van der Waals surface area contributed by atoms with Crippen molar-refractivity contribution in [3.8, 4) is 0 Å². The molecule has 2 atom stereocenters. The summed E-state index contributed by atoms with van der Waals surface area (Å²) in [5.74, 6) is 2.63. The zero-order chi connectivity index (χ0) is 10.4. The number of anilines is 1. The first-order valence-electron chi connectivity index (χ1n) is 5.36. The van der Waals surface area contributed by atoms with Gasteiger partial charge in [-0.05, 0) is 46.3 Å². The maximum Gasteiger partial charge on any atom is 0.140 e. The Kier molecular flexibility index (Phi) is 2.21. The Labute approximate surface area is 97.8 Å². The monoisotopic (exact) mass is 267 g/mol. The first kappa shape index (κ1) is 9.60. The first-order valence-corrected chi connectivity index (χ1v) is 6.15. The van der Waals surface area contributed by atoms with Crippen LogP contribution in [0.3, 0.4) is 0 Å². The molecule has 3 rings (SSSR count). The van der Waals surface area contributed by atoms with Gasteiger partial charge in [-0.3, -0.25) is 0 Å². The van der Waals surface area contributed by atoms with E-state index in [1.54, 1.807) is 0 Å². The largest absolute Gasteiger partial charge is 0.366 e. The third kappa shape index (κ3) is 1.56. The number of nitrogens with zero attached hydrogens (tertiary/aromatic N) is 1. The van der Waals surface area contributed by atoms with Gasteiger partial charge in [0.25, 0.3) is 0 Å². The van der Waals surface area contributed by atoms with Crippen molar-refractivity contribution in [1.29, 1.82) is 0 Å². The lowest BCUT2D eigenvalue weighted by atomic mass is 10.3. The van der Waals surface area contributed by atoms with Gasteiger partial charge in [0.15, 0.2) is 0 Å². The molecule has 2 unspecified atom stereocenters. The molecule has 0 radical (unpaired) electrons. The van der Waals surface area contributed by atoms with Crippen molar-refractivity contribution < 1.29 is 0 Å². The molecule has 1 saturated carbocycles. The zero-order valence-corrected chi connectivity index (χ0v) is 10.2. The third-order valence-corrected chi connectivity index (χ3v) is 4.48. The molecular weight excluding hydrogens is 254 g/mol. The van der Waals surface area contributed by atoms with E-state index in [-0.39, 0.29) is 0 Å². The summed E-state index contributed by atoms with van der Waals surface area (Å²) in [6.07, 6.45) is 1.86. The van der Waals surface area contributed by atoms with E-state index in [9.17, 15) is 0 Å². The van der Waals surface area contributed by atoms with Crippen LogP contribution in [0.1, 0.15) is 5.56 Å². The molecule has 1 aliphatic heterocycles. The van der Waals surface area contributed by atoms with Crippen LogP contribution in [-0.2, 0) is 0 Å². The van der Waals surface area contributed by atoms with Gasteiger partial charge in [-0.15, -0.1) is 0 Å². The molecule has 0 aromatic carbocycles. The highest BCUT2D eigenvalue weighted by atomic mass is 79.9. The van der Waals surface area contributed by atoms with Crippen LogP contribution in [0.5, 0.6) is 0 Å². The quantitative estimate of drug-likeness (QED) is 0.858. The molecule has 1 aromatic rings. The summed E-state index contributed by atoms with van der Waals surface area (Å²) in [5.41, 5.74) is 1.23. The number of halogens is 1. The predicted octanol–water partition coefficient (Wildman–Crippen LogP) is 1.78. The fourth-order valence-corrected chi connectivity index (χ4v) is 2.78. The minimum atomic E-state index is 0.636. The standard InChI is InChI=1S/C11H14BrN3/c1-6-2-3-14-11(9(6)12)15-10-7-4-13-5-8(7)10/h2-3,7-8,10,13H,4-5H2,1H3,(H,14,15). The molecule has 2 fully saturated rings. The lowest BCUT2D eigenvalue weighted by Crippen LogP contribution is -2.21. The smallest absolute Gasteiger partial charge is 0.140 e. The van der Waals surface area contributed by atoms with Crippen LogP contribution in [0.25, 0.3) is 0 Å². The lowest BCUT2D eigenvalue weighted by molar-refractivity contribution is 0.695. The molecule has 1 aliphatic carbocycles. The van der Waals surface area contributed by atoms with E-state index in [4.69, 9.17) is 0 Å². The Bertz CT molecular complexity index is 383. The van der Waals surface area contributed by atoms with Crippen LogP contribution in [0, 0.1) is 18.8 Å². The number of fused-ring (bicyclic) bond motifs is 1. The number of nitrogens with one attached hydrogen (secondary N) is 2. The minimum absolute atomic E-state index is 0.636. The van der Waals surface area contributed by atoms with Crippen molar-refractivity contribution >= 4 is 21.7 Å². The van der Waals surface area contributed by atoms with Gasteiger partial charge >= 0.3 is 0 Å². The molecule has 1 saturated heterocycles. The molecular formula is C11H14BrN3. The molecule has 3 nitrogen and oxygen atoms in total. The number of hydrogen-bond donors (Lipinski definition) is 2. The second-order valence-electron chi connectivity index (χ2n) is 4.45. The van der Waals surface area contributed by atoms with E-state index in [1.807, 2.05) is 12.3 Å². The molecule has 1 aromatic heterocycles. The summed E-state index contributed by atoms with van der Waals surface area (Å²) in [5, 5.41) is 6.92.